The first-order valence-corrected chi connectivity index (χ1v) is 12.4. The Kier molecular flexibility index (Phi) is 6.02. The molecule has 4 rings (SSSR count). The monoisotopic (exact) mass is 435 g/mol. The van der Waals surface area contributed by atoms with Crippen molar-refractivity contribution in [2.24, 2.45) is 0 Å². The molecule has 29 heavy (non-hydrogen) atoms. The van der Waals surface area contributed by atoms with E-state index in [2.05, 4.69) is 4.72 Å². The van der Waals surface area contributed by atoms with Crippen LogP contribution in [-0.2, 0) is 27.6 Å². The van der Waals surface area contributed by atoms with E-state index in [-0.39, 0.29) is 17.8 Å². The van der Waals surface area contributed by atoms with E-state index in [1.807, 2.05) is 26.0 Å². The third-order valence-electron chi connectivity index (χ3n) is 5.56. The predicted molar refractivity (Wildman–Crippen MR) is 113 cm³/mol. The third-order valence-corrected chi connectivity index (χ3v) is 8.34. The molecule has 0 radical (unpaired) electrons. The van der Waals surface area contributed by atoms with Crippen molar-refractivity contribution < 1.29 is 17.5 Å². The van der Waals surface area contributed by atoms with E-state index in [1.54, 1.807) is 12.1 Å². The summed E-state index contributed by atoms with van der Waals surface area (Å²) in [5.74, 6) is -0.192. The molecule has 2 aliphatic heterocycles. The largest absolute Gasteiger partial charge is 0.381 e. The van der Waals surface area contributed by atoms with Crippen molar-refractivity contribution in [3.05, 3.63) is 52.8 Å². The van der Waals surface area contributed by atoms with Crippen molar-refractivity contribution in [1.82, 2.24) is 4.72 Å². The van der Waals surface area contributed by atoms with Gasteiger partial charge in [0.05, 0.1) is 4.90 Å². The number of halogens is 1. The number of benzene rings is 2. The minimum absolute atomic E-state index is 0.0784. The summed E-state index contributed by atoms with van der Waals surface area (Å²) in [6.07, 6.45) is 3.00. The van der Waals surface area contributed by atoms with E-state index in [1.165, 1.54) is 17.8 Å². The zero-order valence-electron chi connectivity index (χ0n) is 16.7. The SMILES string of the molecule is CC(C)c1cc2c(cc1S(=O)(=O)NC1CCOCC1)Sc1cc(F)ccc1CC2. The van der Waals surface area contributed by atoms with Gasteiger partial charge in [0, 0.05) is 29.0 Å². The first-order chi connectivity index (χ1) is 13.8. The molecule has 0 unspecified atom stereocenters. The Hall–Kier alpha value is -1.41. The van der Waals surface area contributed by atoms with Gasteiger partial charge in [0.1, 0.15) is 5.82 Å². The summed E-state index contributed by atoms with van der Waals surface area (Å²) in [6.45, 7) is 5.19. The average molecular weight is 436 g/mol. The number of sulfonamides is 1. The van der Waals surface area contributed by atoms with E-state index in [9.17, 15) is 12.8 Å². The Bertz CT molecular complexity index is 1010. The lowest BCUT2D eigenvalue weighted by Crippen LogP contribution is -2.39. The number of hydrogen-bond acceptors (Lipinski definition) is 4. The topological polar surface area (TPSA) is 55.4 Å². The maximum Gasteiger partial charge on any atom is 0.241 e. The van der Waals surface area contributed by atoms with E-state index >= 15 is 0 Å². The van der Waals surface area contributed by atoms with Gasteiger partial charge in [-0.3, -0.25) is 0 Å². The van der Waals surface area contributed by atoms with Crippen molar-refractivity contribution in [1.29, 1.82) is 0 Å². The minimum Gasteiger partial charge on any atom is -0.381 e. The molecule has 0 aliphatic carbocycles. The molecule has 4 nitrogen and oxygen atoms in total. The Balaban J connectivity index is 1.74. The van der Waals surface area contributed by atoms with Gasteiger partial charge in [0.2, 0.25) is 10.0 Å². The molecule has 2 aromatic rings. The molecular weight excluding hydrogens is 409 g/mol. The summed E-state index contributed by atoms with van der Waals surface area (Å²) < 4.78 is 48.5. The van der Waals surface area contributed by atoms with Crippen LogP contribution in [0.1, 0.15) is 49.3 Å². The highest BCUT2D eigenvalue weighted by Gasteiger charge is 2.27. The van der Waals surface area contributed by atoms with E-state index in [0.717, 1.165) is 39.3 Å². The molecule has 2 heterocycles. The van der Waals surface area contributed by atoms with Gasteiger partial charge >= 0.3 is 0 Å². The summed E-state index contributed by atoms with van der Waals surface area (Å²) in [6, 6.07) is 8.58. The highest BCUT2D eigenvalue weighted by molar-refractivity contribution is 7.99. The van der Waals surface area contributed by atoms with Crippen molar-refractivity contribution >= 4 is 21.8 Å². The van der Waals surface area contributed by atoms with Crippen LogP contribution in [0.2, 0.25) is 0 Å². The Morgan fingerprint density at radius 2 is 1.76 bits per heavy atom. The fraction of sp³-hybridized carbons (Fsp3) is 0.455. The average Bonchev–Trinajstić information content (AvgIpc) is 2.85. The number of hydrogen-bond donors (Lipinski definition) is 1. The number of aryl methyl sites for hydroxylation is 2. The summed E-state index contributed by atoms with van der Waals surface area (Å²) >= 11 is 1.46. The lowest BCUT2D eigenvalue weighted by atomic mass is 9.97. The summed E-state index contributed by atoms with van der Waals surface area (Å²) in [4.78, 5) is 2.10. The molecule has 7 heteroatoms. The first kappa shape index (κ1) is 20.8. The molecule has 0 atom stereocenters. The van der Waals surface area contributed by atoms with Crippen LogP contribution in [0.15, 0.2) is 45.0 Å². The maximum absolute atomic E-state index is 13.8. The van der Waals surface area contributed by atoms with Gasteiger partial charge in [0.25, 0.3) is 0 Å². The van der Waals surface area contributed by atoms with Gasteiger partial charge in [-0.05, 0) is 66.5 Å². The molecule has 1 N–H and O–H groups in total. The molecule has 0 spiro atoms. The molecular formula is C22H26FNO3S2. The smallest absolute Gasteiger partial charge is 0.241 e. The van der Waals surface area contributed by atoms with Crippen LogP contribution in [0.3, 0.4) is 0 Å². The quantitative estimate of drug-likeness (QED) is 0.759. The molecule has 156 valence electrons. The van der Waals surface area contributed by atoms with Crippen molar-refractivity contribution in [3.63, 3.8) is 0 Å². The molecule has 2 aliphatic rings. The molecule has 1 fully saturated rings. The van der Waals surface area contributed by atoms with Crippen LogP contribution in [0.25, 0.3) is 0 Å². The lowest BCUT2D eigenvalue weighted by Gasteiger charge is -2.24. The van der Waals surface area contributed by atoms with E-state index in [4.69, 9.17) is 4.74 Å². The van der Waals surface area contributed by atoms with Crippen molar-refractivity contribution in [2.75, 3.05) is 13.2 Å². The van der Waals surface area contributed by atoms with Crippen LogP contribution < -0.4 is 4.72 Å². The zero-order chi connectivity index (χ0) is 20.6. The van der Waals surface area contributed by atoms with Crippen molar-refractivity contribution in [3.8, 4) is 0 Å². The molecule has 1 saturated heterocycles. The maximum atomic E-state index is 13.8. The Morgan fingerprint density at radius 1 is 1.07 bits per heavy atom. The number of fused-ring (bicyclic) bond motifs is 2. The second kappa shape index (κ2) is 8.38. The lowest BCUT2D eigenvalue weighted by molar-refractivity contribution is 0.0832. The standard InChI is InChI=1S/C22H26FNO3S2/c1-14(2)19-11-16-4-3-15-5-6-17(23)12-20(15)28-21(16)13-22(19)29(25,26)24-18-7-9-27-10-8-18/h5-6,11-14,18,24H,3-4,7-10H2,1-2H3. The highest BCUT2D eigenvalue weighted by Crippen LogP contribution is 2.40. The van der Waals surface area contributed by atoms with Crippen LogP contribution in [0, 0.1) is 5.82 Å². The number of rotatable bonds is 4. The third kappa shape index (κ3) is 4.53. The number of ether oxygens (including phenoxy) is 1. The molecule has 2 aromatic carbocycles. The van der Waals surface area contributed by atoms with Crippen LogP contribution in [-0.4, -0.2) is 27.7 Å². The van der Waals surface area contributed by atoms with E-state index < -0.39 is 10.0 Å². The minimum atomic E-state index is -3.66. The molecule has 0 amide bonds. The summed E-state index contributed by atoms with van der Waals surface area (Å²) in [7, 11) is -3.66. The van der Waals surface area contributed by atoms with Gasteiger partial charge in [-0.15, -0.1) is 0 Å². The van der Waals surface area contributed by atoms with Gasteiger partial charge in [0.15, 0.2) is 0 Å². The molecule has 0 bridgehead atoms. The predicted octanol–water partition coefficient (Wildman–Crippen LogP) is 4.66. The fourth-order valence-corrected chi connectivity index (χ4v) is 6.85. The zero-order valence-corrected chi connectivity index (χ0v) is 18.3. The van der Waals surface area contributed by atoms with Crippen LogP contribution >= 0.6 is 11.8 Å². The van der Waals surface area contributed by atoms with Gasteiger partial charge < -0.3 is 4.74 Å². The second-order valence-corrected chi connectivity index (χ2v) is 10.8. The summed E-state index contributed by atoms with van der Waals surface area (Å²) in [5.41, 5.74) is 3.06. The molecule has 0 aromatic heterocycles. The van der Waals surface area contributed by atoms with Crippen molar-refractivity contribution in [2.45, 2.75) is 66.2 Å². The van der Waals surface area contributed by atoms with Crippen LogP contribution in [0.4, 0.5) is 4.39 Å². The molecule has 0 saturated carbocycles. The normalized spacial score (nSPS) is 17.7. The Labute approximate surface area is 176 Å². The second-order valence-electron chi connectivity index (χ2n) is 8.01. The number of nitrogens with one attached hydrogen (secondary N) is 1. The first-order valence-electron chi connectivity index (χ1n) is 10.1. The Morgan fingerprint density at radius 3 is 2.48 bits per heavy atom. The highest BCUT2D eigenvalue weighted by atomic mass is 32.2. The van der Waals surface area contributed by atoms with Gasteiger partial charge in [-0.2, -0.15) is 0 Å². The van der Waals surface area contributed by atoms with Crippen LogP contribution in [0.5, 0.6) is 0 Å². The summed E-state index contributed by atoms with van der Waals surface area (Å²) in [5, 5.41) is 0. The van der Waals surface area contributed by atoms with Gasteiger partial charge in [-0.25, -0.2) is 17.5 Å². The van der Waals surface area contributed by atoms with Gasteiger partial charge in [-0.1, -0.05) is 37.7 Å². The van der Waals surface area contributed by atoms with E-state index in [0.29, 0.717) is 31.0 Å². The fourth-order valence-electron chi connectivity index (χ4n) is 3.92.